The van der Waals surface area contributed by atoms with Crippen LogP contribution < -0.4 is 4.90 Å². The summed E-state index contributed by atoms with van der Waals surface area (Å²) in [4.78, 5) is 19.2. The second-order valence-electron chi connectivity index (χ2n) is 8.86. The monoisotopic (exact) mass is 434 g/mol. The SMILES string of the molecule is CC(C)c1ccccc1N1C(=NC(=O)CCC2CCCC2)S[C@H]2CS(=O)(=O)C[C@@H]21. The Labute approximate surface area is 178 Å². The lowest BCUT2D eigenvalue weighted by atomic mass is 9.99. The Morgan fingerprint density at radius 3 is 2.66 bits per heavy atom. The number of benzene rings is 1. The van der Waals surface area contributed by atoms with Crippen LogP contribution in [0, 0.1) is 5.92 Å². The van der Waals surface area contributed by atoms with Gasteiger partial charge in [-0.2, -0.15) is 4.99 Å². The molecule has 158 valence electrons. The summed E-state index contributed by atoms with van der Waals surface area (Å²) in [5, 5.41) is 0.626. The number of thioether (sulfide) groups is 1. The highest BCUT2D eigenvalue weighted by Crippen LogP contribution is 2.43. The third-order valence-electron chi connectivity index (χ3n) is 6.35. The van der Waals surface area contributed by atoms with Crippen molar-refractivity contribution in [3.8, 4) is 0 Å². The van der Waals surface area contributed by atoms with E-state index in [0.717, 1.165) is 17.7 Å². The lowest BCUT2D eigenvalue weighted by Gasteiger charge is -2.28. The van der Waals surface area contributed by atoms with Crippen LogP contribution in [0.4, 0.5) is 5.69 Å². The standard InChI is InChI=1S/C22H30N2O3S2/c1-15(2)17-9-5-6-10-18(17)24-19-13-29(26,27)14-20(19)28-22(24)23-21(25)12-11-16-7-3-4-8-16/h5-6,9-10,15-16,19-20H,3-4,7-8,11-14H2,1-2H3/t19-,20-/m0/s1. The van der Waals surface area contributed by atoms with Crippen molar-refractivity contribution in [3.05, 3.63) is 29.8 Å². The van der Waals surface area contributed by atoms with Gasteiger partial charge in [-0.05, 0) is 29.9 Å². The van der Waals surface area contributed by atoms with E-state index in [2.05, 4.69) is 24.9 Å². The van der Waals surface area contributed by atoms with E-state index in [4.69, 9.17) is 0 Å². The zero-order valence-corrected chi connectivity index (χ0v) is 18.8. The summed E-state index contributed by atoms with van der Waals surface area (Å²) < 4.78 is 24.5. The fourth-order valence-electron chi connectivity index (χ4n) is 4.83. The number of amides is 1. The predicted molar refractivity (Wildman–Crippen MR) is 120 cm³/mol. The molecule has 0 N–H and O–H groups in total. The van der Waals surface area contributed by atoms with E-state index in [1.54, 1.807) is 0 Å². The lowest BCUT2D eigenvalue weighted by Crippen LogP contribution is -2.38. The van der Waals surface area contributed by atoms with Gasteiger partial charge in [0, 0.05) is 17.4 Å². The van der Waals surface area contributed by atoms with Crippen molar-refractivity contribution in [3.63, 3.8) is 0 Å². The van der Waals surface area contributed by atoms with Crippen LogP contribution in [0.15, 0.2) is 29.3 Å². The Hall–Kier alpha value is -1.34. The van der Waals surface area contributed by atoms with Crippen LogP contribution in [0.1, 0.15) is 63.9 Å². The van der Waals surface area contributed by atoms with Gasteiger partial charge in [0.15, 0.2) is 15.0 Å². The maximum atomic E-state index is 12.7. The molecule has 0 aromatic heterocycles. The highest BCUT2D eigenvalue weighted by molar-refractivity contribution is 8.16. The fraction of sp³-hybridized carbons (Fsp3) is 0.636. The highest BCUT2D eigenvalue weighted by Gasteiger charge is 2.49. The molecule has 0 bridgehead atoms. The summed E-state index contributed by atoms with van der Waals surface area (Å²) in [6.07, 6.45) is 6.43. The van der Waals surface area contributed by atoms with Crippen LogP contribution in [-0.4, -0.2) is 42.3 Å². The maximum Gasteiger partial charge on any atom is 0.248 e. The lowest BCUT2D eigenvalue weighted by molar-refractivity contribution is -0.118. The van der Waals surface area contributed by atoms with Crippen molar-refractivity contribution in [2.45, 2.75) is 69.6 Å². The topological polar surface area (TPSA) is 66.8 Å². The van der Waals surface area contributed by atoms with Gasteiger partial charge in [-0.1, -0.05) is 69.5 Å². The first-order chi connectivity index (χ1) is 13.8. The van der Waals surface area contributed by atoms with Gasteiger partial charge in [0.05, 0.1) is 17.5 Å². The normalized spacial score (nSPS) is 27.8. The van der Waals surface area contributed by atoms with E-state index >= 15 is 0 Å². The van der Waals surface area contributed by atoms with Crippen molar-refractivity contribution >= 4 is 38.4 Å². The average Bonchev–Trinajstić information content (AvgIpc) is 3.34. The van der Waals surface area contributed by atoms with Crippen LogP contribution in [0.3, 0.4) is 0 Å². The zero-order chi connectivity index (χ0) is 20.6. The number of rotatable bonds is 5. The van der Waals surface area contributed by atoms with Crippen molar-refractivity contribution in [2.24, 2.45) is 10.9 Å². The number of fused-ring (bicyclic) bond motifs is 1. The molecule has 3 fully saturated rings. The fourth-order valence-corrected chi connectivity index (χ4v) is 8.75. The van der Waals surface area contributed by atoms with Gasteiger partial charge in [0.1, 0.15) is 0 Å². The number of hydrogen-bond donors (Lipinski definition) is 0. The molecule has 1 aliphatic carbocycles. The molecule has 0 unspecified atom stereocenters. The van der Waals surface area contributed by atoms with Gasteiger partial charge in [0.25, 0.3) is 0 Å². The summed E-state index contributed by atoms with van der Waals surface area (Å²) in [7, 11) is -3.06. The van der Waals surface area contributed by atoms with Gasteiger partial charge in [0.2, 0.25) is 5.91 Å². The molecule has 2 saturated heterocycles. The third kappa shape index (κ3) is 4.55. The number of carbonyl (C=O) groups excluding carboxylic acids is 1. The summed E-state index contributed by atoms with van der Waals surface area (Å²) in [5.74, 6) is 1.18. The Morgan fingerprint density at radius 2 is 1.93 bits per heavy atom. The van der Waals surface area contributed by atoms with Gasteiger partial charge in [-0.3, -0.25) is 4.79 Å². The molecular formula is C22H30N2O3S2. The molecule has 0 spiro atoms. The highest BCUT2D eigenvalue weighted by atomic mass is 32.2. The number of sulfone groups is 1. The van der Waals surface area contributed by atoms with E-state index < -0.39 is 9.84 Å². The van der Waals surface area contributed by atoms with E-state index in [0.29, 0.717) is 23.4 Å². The van der Waals surface area contributed by atoms with Crippen molar-refractivity contribution in [1.29, 1.82) is 0 Å². The number of aliphatic imine (C=N–C) groups is 1. The van der Waals surface area contributed by atoms with Crippen molar-refractivity contribution < 1.29 is 13.2 Å². The summed E-state index contributed by atoms with van der Waals surface area (Å²) in [5.41, 5.74) is 2.14. The molecule has 2 aliphatic heterocycles. The van der Waals surface area contributed by atoms with Crippen LogP contribution in [0.2, 0.25) is 0 Å². The molecular weight excluding hydrogens is 404 g/mol. The maximum absolute atomic E-state index is 12.7. The third-order valence-corrected chi connectivity index (χ3v) is 9.56. The zero-order valence-electron chi connectivity index (χ0n) is 17.2. The smallest absolute Gasteiger partial charge is 0.248 e. The largest absolute Gasteiger partial charge is 0.315 e. The summed E-state index contributed by atoms with van der Waals surface area (Å²) in [6, 6.07) is 7.95. The second-order valence-corrected chi connectivity index (χ2v) is 12.2. The Balaban J connectivity index is 1.61. The molecule has 29 heavy (non-hydrogen) atoms. The number of anilines is 1. The van der Waals surface area contributed by atoms with Crippen molar-refractivity contribution in [1.82, 2.24) is 0 Å². The minimum absolute atomic E-state index is 0.0541. The van der Waals surface area contributed by atoms with Crippen molar-refractivity contribution in [2.75, 3.05) is 16.4 Å². The van der Waals surface area contributed by atoms with Crippen LogP contribution in [-0.2, 0) is 14.6 Å². The molecule has 2 atom stereocenters. The molecule has 1 aromatic rings. The molecule has 1 amide bonds. The van der Waals surface area contributed by atoms with Crippen LogP contribution in [0.25, 0.3) is 0 Å². The quantitative estimate of drug-likeness (QED) is 0.688. The van der Waals surface area contributed by atoms with E-state index in [1.165, 1.54) is 37.4 Å². The molecule has 7 heteroatoms. The second kappa shape index (κ2) is 8.42. The molecule has 1 aromatic carbocycles. The first-order valence-electron chi connectivity index (χ1n) is 10.7. The minimum Gasteiger partial charge on any atom is -0.315 e. The first kappa shape index (κ1) is 20.9. The predicted octanol–water partition coefficient (Wildman–Crippen LogP) is 4.38. The van der Waals surface area contributed by atoms with Crippen LogP contribution in [0.5, 0.6) is 0 Å². The number of para-hydroxylation sites is 1. The van der Waals surface area contributed by atoms with E-state index in [-0.39, 0.29) is 28.7 Å². The molecule has 2 heterocycles. The summed E-state index contributed by atoms with van der Waals surface area (Å²) in [6.45, 7) is 4.27. The Kier molecular flexibility index (Phi) is 6.07. The number of hydrogen-bond acceptors (Lipinski definition) is 4. The van der Waals surface area contributed by atoms with Gasteiger partial charge < -0.3 is 4.90 Å². The average molecular weight is 435 g/mol. The molecule has 1 saturated carbocycles. The van der Waals surface area contributed by atoms with Gasteiger partial charge >= 0.3 is 0 Å². The molecule has 3 aliphatic rings. The van der Waals surface area contributed by atoms with Gasteiger partial charge in [-0.25, -0.2) is 8.42 Å². The van der Waals surface area contributed by atoms with E-state index in [9.17, 15) is 13.2 Å². The number of carbonyl (C=O) groups is 1. The van der Waals surface area contributed by atoms with Crippen LogP contribution >= 0.6 is 11.8 Å². The number of amidine groups is 1. The summed E-state index contributed by atoms with van der Waals surface area (Å²) >= 11 is 1.47. The molecule has 0 radical (unpaired) electrons. The Bertz CT molecular complexity index is 904. The minimum atomic E-state index is -3.06. The molecule has 5 nitrogen and oxygen atoms in total. The van der Waals surface area contributed by atoms with Gasteiger partial charge in [-0.15, -0.1) is 0 Å². The first-order valence-corrected chi connectivity index (χ1v) is 13.4. The Morgan fingerprint density at radius 1 is 1.21 bits per heavy atom. The number of nitrogens with zero attached hydrogens (tertiary/aromatic N) is 2. The molecule has 4 rings (SSSR count). The van der Waals surface area contributed by atoms with E-state index in [1.807, 2.05) is 23.1 Å².